The van der Waals surface area contributed by atoms with E-state index in [-0.39, 0.29) is 0 Å². The minimum atomic E-state index is 0.670. The summed E-state index contributed by atoms with van der Waals surface area (Å²) in [6.07, 6.45) is 1.81. The van der Waals surface area contributed by atoms with Gasteiger partial charge in [-0.25, -0.2) is 4.98 Å². The molecule has 1 aromatic carbocycles. The molecule has 25 heavy (non-hydrogen) atoms. The van der Waals surface area contributed by atoms with Crippen molar-refractivity contribution in [3.63, 3.8) is 0 Å². The Morgan fingerprint density at radius 2 is 1.80 bits per heavy atom. The van der Waals surface area contributed by atoms with Crippen molar-refractivity contribution in [3.8, 4) is 0 Å². The van der Waals surface area contributed by atoms with Crippen LogP contribution < -0.4 is 15.1 Å². The van der Waals surface area contributed by atoms with Crippen LogP contribution in [0.5, 0.6) is 0 Å². The highest BCUT2D eigenvalue weighted by Crippen LogP contribution is 2.25. The van der Waals surface area contributed by atoms with Gasteiger partial charge in [-0.15, -0.1) is 6.58 Å². The predicted molar refractivity (Wildman–Crippen MR) is 106 cm³/mol. The van der Waals surface area contributed by atoms with Crippen LogP contribution in [0, 0.1) is 20.8 Å². The SMILES string of the molecule is C=CCNc1nc(C)cc(N2CCN(c3cccc(C)c3C)CC2)n1. The molecule has 2 aromatic rings. The molecule has 0 aliphatic carbocycles. The summed E-state index contributed by atoms with van der Waals surface area (Å²) in [5.74, 6) is 1.67. The molecular formula is C20H27N5. The van der Waals surface area contributed by atoms with E-state index in [0.717, 1.165) is 37.7 Å². The summed E-state index contributed by atoms with van der Waals surface area (Å²) in [7, 11) is 0. The maximum Gasteiger partial charge on any atom is 0.225 e. The lowest BCUT2D eigenvalue weighted by molar-refractivity contribution is 0.645. The quantitative estimate of drug-likeness (QED) is 0.848. The number of piperazine rings is 1. The van der Waals surface area contributed by atoms with Crippen molar-refractivity contribution in [2.24, 2.45) is 0 Å². The van der Waals surface area contributed by atoms with Crippen LogP contribution in [-0.2, 0) is 0 Å². The monoisotopic (exact) mass is 337 g/mol. The molecule has 0 bridgehead atoms. The van der Waals surface area contributed by atoms with E-state index in [1.165, 1.54) is 16.8 Å². The molecule has 5 nitrogen and oxygen atoms in total. The van der Waals surface area contributed by atoms with Gasteiger partial charge in [0.1, 0.15) is 5.82 Å². The molecule has 1 aliphatic heterocycles. The number of nitrogens with zero attached hydrogens (tertiary/aromatic N) is 4. The molecule has 1 aliphatic rings. The van der Waals surface area contributed by atoms with E-state index < -0.39 is 0 Å². The topological polar surface area (TPSA) is 44.3 Å². The third-order valence-electron chi connectivity index (χ3n) is 4.77. The maximum atomic E-state index is 4.66. The van der Waals surface area contributed by atoms with Crippen molar-refractivity contribution in [2.45, 2.75) is 20.8 Å². The van der Waals surface area contributed by atoms with Gasteiger partial charge in [-0.2, -0.15) is 4.98 Å². The average molecular weight is 337 g/mol. The van der Waals surface area contributed by atoms with Gasteiger partial charge >= 0.3 is 0 Å². The van der Waals surface area contributed by atoms with Gasteiger partial charge in [0, 0.05) is 50.2 Å². The molecule has 0 amide bonds. The van der Waals surface area contributed by atoms with E-state index in [1.807, 2.05) is 13.0 Å². The van der Waals surface area contributed by atoms with Crippen LogP contribution in [0.15, 0.2) is 36.9 Å². The van der Waals surface area contributed by atoms with Gasteiger partial charge in [-0.1, -0.05) is 18.2 Å². The van der Waals surface area contributed by atoms with Crippen LogP contribution in [0.25, 0.3) is 0 Å². The zero-order valence-corrected chi connectivity index (χ0v) is 15.4. The summed E-state index contributed by atoms with van der Waals surface area (Å²) in [6, 6.07) is 8.61. The van der Waals surface area contributed by atoms with Gasteiger partial charge in [-0.05, 0) is 38.0 Å². The first-order chi connectivity index (χ1) is 12.1. The molecule has 132 valence electrons. The number of benzene rings is 1. The van der Waals surface area contributed by atoms with Crippen LogP contribution in [0.3, 0.4) is 0 Å². The lowest BCUT2D eigenvalue weighted by Gasteiger charge is -2.37. The minimum Gasteiger partial charge on any atom is -0.368 e. The first kappa shape index (κ1) is 17.3. The Hall–Kier alpha value is -2.56. The summed E-state index contributed by atoms with van der Waals surface area (Å²) in [6.45, 7) is 14.7. The molecule has 1 N–H and O–H groups in total. The van der Waals surface area contributed by atoms with Crippen molar-refractivity contribution in [1.29, 1.82) is 0 Å². The second-order valence-corrected chi connectivity index (χ2v) is 6.55. The van der Waals surface area contributed by atoms with E-state index in [4.69, 9.17) is 0 Å². The molecule has 0 radical (unpaired) electrons. The molecule has 3 rings (SSSR count). The van der Waals surface area contributed by atoms with Gasteiger partial charge in [0.2, 0.25) is 5.95 Å². The highest BCUT2D eigenvalue weighted by atomic mass is 15.3. The Kier molecular flexibility index (Phi) is 5.22. The van der Waals surface area contributed by atoms with E-state index in [1.54, 1.807) is 0 Å². The Bertz CT molecular complexity index is 748. The zero-order valence-electron chi connectivity index (χ0n) is 15.4. The standard InChI is InChI=1S/C20H27N5/c1-5-9-21-20-22-16(3)14-19(23-20)25-12-10-24(11-13-25)18-8-6-7-15(2)17(18)4/h5-8,14H,1,9-13H2,2-4H3,(H,21,22,23). The molecule has 0 saturated carbocycles. The van der Waals surface area contributed by atoms with Crippen molar-refractivity contribution in [2.75, 3.05) is 47.8 Å². The summed E-state index contributed by atoms with van der Waals surface area (Å²) >= 11 is 0. The molecule has 1 saturated heterocycles. The van der Waals surface area contributed by atoms with E-state index in [0.29, 0.717) is 12.5 Å². The normalized spacial score (nSPS) is 14.5. The zero-order chi connectivity index (χ0) is 17.8. The van der Waals surface area contributed by atoms with E-state index in [2.05, 4.69) is 69.8 Å². The molecule has 2 heterocycles. The first-order valence-corrected chi connectivity index (χ1v) is 8.85. The first-order valence-electron chi connectivity index (χ1n) is 8.85. The van der Waals surface area contributed by atoms with Crippen LogP contribution in [0.4, 0.5) is 17.5 Å². The fourth-order valence-electron chi connectivity index (χ4n) is 3.21. The van der Waals surface area contributed by atoms with Gasteiger partial charge in [-0.3, -0.25) is 0 Å². The fraction of sp³-hybridized carbons (Fsp3) is 0.400. The van der Waals surface area contributed by atoms with Crippen molar-refractivity contribution < 1.29 is 0 Å². The smallest absolute Gasteiger partial charge is 0.225 e. The van der Waals surface area contributed by atoms with Crippen molar-refractivity contribution in [1.82, 2.24) is 9.97 Å². The third kappa shape index (κ3) is 3.92. The molecule has 0 atom stereocenters. The molecule has 0 unspecified atom stereocenters. The van der Waals surface area contributed by atoms with Gasteiger partial charge in [0.15, 0.2) is 0 Å². The number of hydrogen-bond acceptors (Lipinski definition) is 5. The lowest BCUT2D eigenvalue weighted by atomic mass is 10.1. The summed E-state index contributed by atoms with van der Waals surface area (Å²) in [5.41, 5.74) is 5.06. The Balaban J connectivity index is 1.71. The molecule has 0 spiro atoms. The molecule has 1 fully saturated rings. The maximum absolute atomic E-state index is 4.66. The largest absolute Gasteiger partial charge is 0.368 e. The molecule has 1 aromatic heterocycles. The number of nitrogens with one attached hydrogen (secondary N) is 1. The second-order valence-electron chi connectivity index (χ2n) is 6.55. The van der Waals surface area contributed by atoms with Crippen LogP contribution in [-0.4, -0.2) is 42.7 Å². The Morgan fingerprint density at radius 1 is 1.08 bits per heavy atom. The van der Waals surface area contributed by atoms with Crippen molar-refractivity contribution >= 4 is 17.5 Å². The van der Waals surface area contributed by atoms with Crippen LogP contribution in [0.2, 0.25) is 0 Å². The average Bonchev–Trinajstić information content (AvgIpc) is 2.62. The molecular weight excluding hydrogens is 310 g/mol. The predicted octanol–water partition coefficient (Wildman–Crippen LogP) is 3.33. The van der Waals surface area contributed by atoms with Gasteiger partial charge in [0.25, 0.3) is 0 Å². The van der Waals surface area contributed by atoms with Crippen LogP contribution in [0.1, 0.15) is 16.8 Å². The van der Waals surface area contributed by atoms with E-state index in [9.17, 15) is 0 Å². The second kappa shape index (κ2) is 7.55. The summed E-state index contributed by atoms with van der Waals surface area (Å²) in [5, 5.41) is 3.19. The Morgan fingerprint density at radius 3 is 2.52 bits per heavy atom. The van der Waals surface area contributed by atoms with Gasteiger partial charge < -0.3 is 15.1 Å². The van der Waals surface area contributed by atoms with Gasteiger partial charge in [0.05, 0.1) is 0 Å². The van der Waals surface area contributed by atoms with E-state index >= 15 is 0 Å². The summed E-state index contributed by atoms with van der Waals surface area (Å²) < 4.78 is 0. The number of rotatable bonds is 5. The lowest BCUT2D eigenvalue weighted by Crippen LogP contribution is -2.47. The highest BCUT2D eigenvalue weighted by molar-refractivity contribution is 5.57. The number of hydrogen-bond donors (Lipinski definition) is 1. The molecule has 5 heteroatoms. The fourth-order valence-corrected chi connectivity index (χ4v) is 3.21. The van der Waals surface area contributed by atoms with Crippen LogP contribution >= 0.6 is 0 Å². The van der Waals surface area contributed by atoms with Crippen molar-refractivity contribution in [3.05, 3.63) is 53.7 Å². The number of anilines is 3. The highest BCUT2D eigenvalue weighted by Gasteiger charge is 2.20. The number of aryl methyl sites for hydroxylation is 2. The third-order valence-corrected chi connectivity index (χ3v) is 4.77. The number of aromatic nitrogens is 2. The summed E-state index contributed by atoms with van der Waals surface area (Å²) in [4.78, 5) is 13.9. The minimum absolute atomic E-state index is 0.670. The Labute approximate surface area is 150 Å².